The summed E-state index contributed by atoms with van der Waals surface area (Å²) in [6.45, 7) is 1.72. The van der Waals surface area contributed by atoms with Gasteiger partial charge in [0.05, 0.1) is 5.56 Å². The minimum Gasteiger partial charge on any atom is -0.505 e. The highest BCUT2D eigenvalue weighted by atomic mass is 19.4. The zero-order valence-electron chi connectivity index (χ0n) is 19.5. The first-order valence-electron chi connectivity index (χ1n) is 11.1. The average Bonchev–Trinajstić information content (AvgIpc) is 2.85. The maximum atomic E-state index is 13.4. The number of hydrogen-bond donors (Lipinski definition) is 2. The van der Waals surface area contributed by atoms with E-state index in [0.29, 0.717) is 22.2 Å². The first kappa shape index (κ1) is 24.7. The van der Waals surface area contributed by atoms with Crippen molar-refractivity contribution in [2.75, 3.05) is 5.32 Å². The van der Waals surface area contributed by atoms with Gasteiger partial charge in [-0.25, -0.2) is 24.5 Å². The van der Waals surface area contributed by atoms with E-state index >= 15 is 0 Å². The SMILES string of the molecule is Cc1ccnc(Nc2cc(C(F)(F)F)ccc2Cc2ccc3cc4c(nc3c2O)OC(=O)/C=C/C(=O)O4)n1. The van der Waals surface area contributed by atoms with E-state index in [9.17, 15) is 27.9 Å². The van der Waals surface area contributed by atoms with Crippen LogP contribution in [0, 0.1) is 6.92 Å². The molecule has 0 amide bonds. The van der Waals surface area contributed by atoms with Crippen molar-refractivity contribution in [3.63, 3.8) is 0 Å². The molecule has 0 saturated carbocycles. The van der Waals surface area contributed by atoms with Crippen LogP contribution in [0.2, 0.25) is 0 Å². The number of fused-ring (bicyclic) bond motifs is 2. The van der Waals surface area contributed by atoms with Crippen LogP contribution < -0.4 is 14.8 Å². The topological polar surface area (TPSA) is 124 Å². The predicted molar refractivity (Wildman–Crippen MR) is 128 cm³/mol. The molecule has 9 nitrogen and oxygen atoms in total. The van der Waals surface area contributed by atoms with Crippen LogP contribution in [0.1, 0.15) is 22.4 Å². The molecule has 3 heterocycles. The molecule has 0 fully saturated rings. The lowest BCUT2D eigenvalue weighted by molar-refractivity contribution is -0.137. The molecule has 0 unspecified atom stereocenters. The molecule has 0 atom stereocenters. The van der Waals surface area contributed by atoms with E-state index in [2.05, 4.69) is 20.3 Å². The summed E-state index contributed by atoms with van der Waals surface area (Å²) in [7, 11) is 0. The molecule has 192 valence electrons. The van der Waals surface area contributed by atoms with E-state index in [0.717, 1.165) is 24.3 Å². The fraction of sp³-hybridized carbons (Fsp3) is 0.115. The smallest absolute Gasteiger partial charge is 0.416 e. The van der Waals surface area contributed by atoms with Gasteiger partial charge in [-0.15, -0.1) is 0 Å². The van der Waals surface area contributed by atoms with Gasteiger partial charge in [-0.05, 0) is 36.8 Å². The second-order valence-corrected chi connectivity index (χ2v) is 8.31. The number of pyridine rings is 1. The number of carbonyl (C=O) groups excluding carboxylic acids is 2. The quantitative estimate of drug-likeness (QED) is 0.365. The van der Waals surface area contributed by atoms with Crippen molar-refractivity contribution >= 4 is 34.5 Å². The third-order valence-corrected chi connectivity index (χ3v) is 5.60. The summed E-state index contributed by atoms with van der Waals surface area (Å²) in [6.07, 6.45) is -1.31. The van der Waals surface area contributed by atoms with Gasteiger partial charge in [0.1, 0.15) is 11.3 Å². The Morgan fingerprint density at radius 1 is 0.947 bits per heavy atom. The second-order valence-electron chi connectivity index (χ2n) is 8.31. The molecule has 2 aromatic heterocycles. The van der Waals surface area contributed by atoms with Crippen molar-refractivity contribution in [2.45, 2.75) is 19.5 Å². The summed E-state index contributed by atoms with van der Waals surface area (Å²) in [5.41, 5.74) is 0.624. The highest BCUT2D eigenvalue weighted by Gasteiger charge is 2.31. The summed E-state index contributed by atoms with van der Waals surface area (Å²) < 4.78 is 50.5. The number of rotatable bonds is 4. The van der Waals surface area contributed by atoms with E-state index < -0.39 is 23.7 Å². The summed E-state index contributed by atoms with van der Waals surface area (Å²) in [5.74, 6) is -2.27. The van der Waals surface area contributed by atoms with Gasteiger partial charge < -0.3 is 19.9 Å². The first-order valence-corrected chi connectivity index (χ1v) is 11.1. The van der Waals surface area contributed by atoms with Crippen molar-refractivity contribution in [3.05, 3.63) is 83.2 Å². The standard InChI is InChI=1S/C26H17F3N4O5/c1-13-8-9-30-25(31-13)32-18-12-17(26(27,28)29)5-4-14(18)10-16-3-2-15-11-19-24(33-22(15)23(16)36)38-21(35)7-6-20(34)37-19/h2-9,11-12,36H,10H2,1H3,(H,30,31,32)/b7-6+. The van der Waals surface area contributed by atoms with E-state index in [4.69, 9.17) is 9.47 Å². The van der Waals surface area contributed by atoms with Gasteiger partial charge in [0, 0.05) is 47.1 Å². The molecule has 38 heavy (non-hydrogen) atoms. The number of alkyl halides is 3. The molecule has 5 rings (SSSR count). The fourth-order valence-electron chi connectivity index (χ4n) is 3.79. The monoisotopic (exact) mass is 522 g/mol. The molecule has 4 aromatic rings. The van der Waals surface area contributed by atoms with Crippen LogP contribution in [0.4, 0.5) is 24.8 Å². The van der Waals surface area contributed by atoms with Crippen LogP contribution in [0.25, 0.3) is 10.9 Å². The maximum Gasteiger partial charge on any atom is 0.416 e. The Balaban J connectivity index is 1.55. The van der Waals surface area contributed by atoms with E-state index in [1.165, 1.54) is 18.3 Å². The molecular weight excluding hydrogens is 505 g/mol. The van der Waals surface area contributed by atoms with E-state index in [-0.39, 0.29) is 41.0 Å². The summed E-state index contributed by atoms with van der Waals surface area (Å²) in [5, 5.41) is 14.2. The van der Waals surface area contributed by atoms with Crippen molar-refractivity contribution in [1.29, 1.82) is 0 Å². The molecule has 0 saturated heterocycles. The normalized spacial score (nSPS) is 14.2. The van der Waals surface area contributed by atoms with Gasteiger partial charge in [0.25, 0.3) is 5.88 Å². The van der Waals surface area contributed by atoms with Crippen LogP contribution in [-0.4, -0.2) is 32.0 Å². The number of aromatic nitrogens is 3. The van der Waals surface area contributed by atoms with Crippen molar-refractivity contribution in [3.8, 4) is 17.4 Å². The number of benzene rings is 2. The number of phenols is 1. The van der Waals surface area contributed by atoms with Crippen molar-refractivity contribution in [2.24, 2.45) is 0 Å². The number of hydrogen-bond acceptors (Lipinski definition) is 9. The van der Waals surface area contributed by atoms with Gasteiger partial charge in [0.15, 0.2) is 5.75 Å². The number of aryl methyl sites for hydroxylation is 1. The Morgan fingerprint density at radius 3 is 2.42 bits per heavy atom. The van der Waals surface area contributed by atoms with E-state index in [1.54, 1.807) is 25.1 Å². The number of anilines is 2. The van der Waals surface area contributed by atoms with Gasteiger partial charge in [0.2, 0.25) is 5.95 Å². The summed E-state index contributed by atoms with van der Waals surface area (Å²) in [4.78, 5) is 36.1. The molecular formula is C26H17F3N4O5. The Kier molecular flexibility index (Phi) is 6.15. The molecule has 1 aliphatic rings. The number of nitrogens with one attached hydrogen (secondary N) is 1. The van der Waals surface area contributed by atoms with Gasteiger partial charge in [-0.3, -0.25) is 0 Å². The Hall–Kier alpha value is -5.00. The molecule has 0 spiro atoms. The zero-order chi connectivity index (χ0) is 27.0. The number of halogens is 3. The molecule has 1 aliphatic heterocycles. The zero-order valence-corrected chi connectivity index (χ0v) is 19.5. The van der Waals surface area contributed by atoms with Crippen LogP contribution >= 0.6 is 0 Å². The van der Waals surface area contributed by atoms with Gasteiger partial charge in [-0.2, -0.15) is 13.2 Å². The fourth-order valence-corrected chi connectivity index (χ4v) is 3.79. The first-order chi connectivity index (χ1) is 18.1. The van der Waals surface area contributed by atoms with Crippen LogP contribution in [0.15, 0.2) is 60.8 Å². The Morgan fingerprint density at radius 2 is 1.68 bits per heavy atom. The number of esters is 2. The Labute approximate surface area is 212 Å². The lowest BCUT2D eigenvalue weighted by Gasteiger charge is -2.16. The lowest BCUT2D eigenvalue weighted by atomic mass is 9.99. The highest BCUT2D eigenvalue weighted by molar-refractivity contribution is 5.96. The maximum absolute atomic E-state index is 13.4. The Bertz CT molecular complexity index is 1640. The minimum atomic E-state index is -4.58. The number of aromatic hydroxyl groups is 1. The van der Waals surface area contributed by atoms with Crippen molar-refractivity contribution < 1.29 is 37.3 Å². The number of carbonyl (C=O) groups is 2. The predicted octanol–water partition coefficient (Wildman–Crippen LogP) is 4.77. The molecule has 0 radical (unpaired) electrons. The number of ether oxygens (including phenoxy) is 2. The van der Waals surface area contributed by atoms with Gasteiger partial charge >= 0.3 is 18.1 Å². The lowest BCUT2D eigenvalue weighted by Crippen LogP contribution is -2.14. The summed E-state index contributed by atoms with van der Waals surface area (Å²) in [6, 6.07) is 9.36. The molecule has 2 N–H and O–H groups in total. The van der Waals surface area contributed by atoms with E-state index in [1.807, 2.05) is 0 Å². The largest absolute Gasteiger partial charge is 0.505 e. The van der Waals surface area contributed by atoms with Crippen LogP contribution in [-0.2, 0) is 22.2 Å². The third-order valence-electron chi connectivity index (χ3n) is 5.60. The van der Waals surface area contributed by atoms with Gasteiger partial charge in [-0.1, -0.05) is 18.2 Å². The molecule has 0 aliphatic carbocycles. The number of nitrogens with zero attached hydrogens (tertiary/aromatic N) is 3. The molecule has 0 bridgehead atoms. The summed E-state index contributed by atoms with van der Waals surface area (Å²) >= 11 is 0. The number of phenolic OH excluding ortho intramolecular Hbond substituents is 1. The highest BCUT2D eigenvalue weighted by Crippen LogP contribution is 2.38. The minimum absolute atomic E-state index is 0.00430. The van der Waals surface area contributed by atoms with Crippen molar-refractivity contribution in [1.82, 2.24) is 15.0 Å². The van der Waals surface area contributed by atoms with Crippen LogP contribution in [0.3, 0.4) is 0 Å². The molecule has 12 heteroatoms. The van der Waals surface area contributed by atoms with Crippen LogP contribution in [0.5, 0.6) is 17.4 Å². The molecule has 2 aromatic carbocycles. The second kappa shape index (κ2) is 9.47. The third kappa shape index (κ3) is 5.09. The average molecular weight is 522 g/mol.